The summed E-state index contributed by atoms with van der Waals surface area (Å²) >= 11 is 0.860. The minimum atomic E-state index is -3.75. The van der Waals surface area contributed by atoms with Crippen molar-refractivity contribution in [2.45, 2.75) is 39.7 Å². The number of hydrogen-bond donors (Lipinski definition) is 6. The fourth-order valence-corrected chi connectivity index (χ4v) is 4.95. The molecule has 27 heavy (non-hydrogen) atoms. The molecule has 1 aliphatic heterocycles. The van der Waals surface area contributed by atoms with E-state index in [1.165, 1.54) is 30.5 Å². The summed E-state index contributed by atoms with van der Waals surface area (Å²) in [6.45, 7) is -0.543. The Hall–Kier alpha value is -1.80. The minimum Gasteiger partial charge on any atom is -0.394 e. The van der Waals surface area contributed by atoms with Crippen molar-refractivity contribution >= 4 is 32.0 Å². The van der Waals surface area contributed by atoms with Crippen LogP contribution in [-0.2, 0) is 14.6 Å². The number of nitrogens with zero attached hydrogens (tertiary/aromatic N) is 1. The van der Waals surface area contributed by atoms with Gasteiger partial charge in [-0.1, -0.05) is 11.3 Å². The van der Waals surface area contributed by atoms with E-state index in [9.17, 15) is 28.8 Å². The highest BCUT2D eigenvalue weighted by molar-refractivity contribution is 7.93. The lowest BCUT2D eigenvalue weighted by Gasteiger charge is -2.40. The van der Waals surface area contributed by atoms with Crippen LogP contribution in [0.25, 0.3) is 0 Å². The van der Waals surface area contributed by atoms with E-state index in [0.29, 0.717) is 5.69 Å². The molecule has 0 unspecified atom stereocenters. The van der Waals surface area contributed by atoms with Gasteiger partial charge in [0, 0.05) is 5.69 Å². The summed E-state index contributed by atoms with van der Waals surface area (Å²) in [5.41, 5.74) is 5.88. The van der Waals surface area contributed by atoms with Gasteiger partial charge in [-0.2, -0.15) is 0 Å². The predicted octanol–water partition coefficient (Wildman–Crippen LogP) is -1.23. The van der Waals surface area contributed by atoms with Gasteiger partial charge in [0.1, 0.15) is 28.6 Å². The molecule has 1 aliphatic rings. The Balaban J connectivity index is 1.76. The fourth-order valence-electron chi connectivity index (χ4n) is 2.63. The van der Waals surface area contributed by atoms with Crippen LogP contribution in [0.4, 0.5) is 10.8 Å². The largest absolute Gasteiger partial charge is 0.394 e. The topological polar surface area (TPSA) is 175 Å². The summed E-state index contributed by atoms with van der Waals surface area (Å²) in [6, 6.07) is 5.63. The van der Waals surface area contributed by atoms with Gasteiger partial charge in [0.2, 0.25) is 9.84 Å². The monoisotopic (exact) mass is 417 g/mol. The van der Waals surface area contributed by atoms with Gasteiger partial charge in [-0.3, -0.25) is 0 Å². The summed E-state index contributed by atoms with van der Waals surface area (Å²) < 4.78 is 30.4. The zero-order chi connectivity index (χ0) is 19.8. The number of nitrogens with two attached hydrogens (primary N) is 1. The average Bonchev–Trinajstić information content (AvgIpc) is 3.10. The Labute approximate surface area is 158 Å². The Morgan fingerprint density at radius 2 is 1.81 bits per heavy atom. The van der Waals surface area contributed by atoms with Gasteiger partial charge in [0.05, 0.1) is 17.7 Å². The van der Waals surface area contributed by atoms with Gasteiger partial charge in [0.25, 0.3) is 0 Å². The smallest absolute Gasteiger partial charge is 0.217 e. The molecule has 1 saturated heterocycles. The molecule has 10 nitrogen and oxygen atoms in total. The van der Waals surface area contributed by atoms with Gasteiger partial charge in [-0.15, -0.1) is 0 Å². The van der Waals surface area contributed by atoms with E-state index in [-0.39, 0.29) is 14.2 Å². The highest BCUT2D eigenvalue weighted by Gasteiger charge is 2.43. The maximum Gasteiger partial charge on any atom is 0.217 e. The first-order valence-corrected chi connectivity index (χ1v) is 10.2. The molecular formula is C15H19N3O7S2. The summed E-state index contributed by atoms with van der Waals surface area (Å²) in [6.07, 6.45) is -5.38. The highest BCUT2D eigenvalue weighted by atomic mass is 32.2. The van der Waals surface area contributed by atoms with Crippen molar-refractivity contribution in [2.75, 3.05) is 17.7 Å². The van der Waals surface area contributed by atoms with Crippen LogP contribution >= 0.6 is 11.3 Å². The molecule has 5 atom stereocenters. The Morgan fingerprint density at radius 3 is 2.37 bits per heavy atom. The maximum absolute atomic E-state index is 12.5. The lowest BCUT2D eigenvalue weighted by atomic mass is 9.98. The van der Waals surface area contributed by atoms with E-state index in [1.54, 1.807) is 0 Å². The zero-order valence-corrected chi connectivity index (χ0v) is 15.5. The van der Waals surface area contributed by atoms with Gasteiger partial charge >= 0.3 is 0 Å². The van der Waals surface area contributed by atoms with Crippen LogP contribution in [-0.4, -0.2) is 71.1 Å². The number of anilines is 2. The zero-order valence-electron chi connectivity index (χ0n) is 13.8. The predicted molar refractivity (Wildman–Crippen MR) is 95.8 cm³/mol. The lowest BCUT2D eigenvalue weighted by Crippen LogP contribution is -2.60. The molecule has 2 heterocycles. The van der Waals surface area contributed by atoms with E-state index in [2.05, 4.69) is 10.3 Å². The average molecular weight is 417 g/mol. The number of nitrogens with one attached hydrogen (secondary N) is 1. The fraction of sp³-hybridized carbons (Fsp3) is 0.400. The molecule has 1 aromatic heterocycles. The number of aliphatic hydroxyl groups excluding tert-OH is 4. The SMILES string of the molecule is Nc1ncc(S(=O)(=O)c2ccc(N[C@@H]3O[C@H](CO)[C@H](O)[C@H](O)[C@H]3O)cc2)s1. The summed E-state index contributed by atoms with van der Waals surface area (Å²) in [4.78, 5) is 3.77. The molecule has 3 rings (SSSR count). The normalized spacial score (nSPS) is 28.8. The standard InChI is InChI=1S/C15H19N3O7S2/c16-15-17-5-10(26-15)27(23,24)8-3-1-7(2-4-8)18-14-13(22)12(21)11(20)9(6-19)25-14/h1-5,9,11-14,18-22H,6H2,(H2,16,17)/t9-,11+,12+,13-,14-/m1/s1. The minimum absolute atomic E-state index is 0.0228. The van der Waals surface area contributed by atoms with Crippen LogP contribution in [0.1, 0.15) is 0 Å². The molecule has 0 aliphatic carbocycles. The third-order valence-corrected chi connectivity index (χ3v) is 7.19. The first-order valence-electron chi connectivity index (χ1n) is 7.87. The van der Waals surface area contributed by atoms with Crippen molar-refractivity contribution in [3.05, 3.63) is 30.5 Å². The number of ether oxygens (including phenoxy) is 1. The van der Waals surface area contributed by atoms with Gasteiger partial charge in [0.15, 0.2) is 11.4 Å². The number of benzene rings is 1. The lowest BCUT2D eigenvalue weighted by molar-refractivity contribution is -0.221. The van der Waals surface area contributed by atoms with Gasteiger partial charge in [-0.05, 0) is 24.3 Å². The highest BCUT2D eigenvalue weighted by Crippen LogP contribution is 2.28. The second-order valence-corrected chi connectivity index (χ2v) is 9.18. The van der Waals surface area contributed by atoms with Crippen LogP contribution in [0, 0.1) is 0 Å². The number of hydrogen-bond acceptors (Lipinski definition) is 11. The second-order valence-electron chi connectivity index (χ2n) is 5.94. The Kier molecular flexibility index (Phi) is 5.67. The molecule has 2 aromatic rings. The third-order valence-electron chi connectivity index (χ3n) is 4.13. The van der Waals surface area contributed by atoms with Crippen molar-refractivity contribution in [2.24, 2.45) is 0 Å². The van der Waals surface area contributed by atoms with Crippen molar-refractivity contribution in [3.63, 3.8) is 0 Å². The quantitative estimate of drug-likeness (QED) is 0.345. The summed E-state index contributed by atoms with van der Waals surface area (Å²) in [7, 11) is -3.75. The maximum atomic E-state index is 12.5. The van der Waals surface area contributed by atoms with Crippen molar-refractivity contribution in [1.82, 2.24) is 4.98 Å². The number of nitrogen functional groups attached to an aromatic ring is 1. The van der Waals surface area contributed by atoms with Crippen LogP contribution in [0.3, 0.4) is 0 Å². The number of aromatic nitrogens is 1. The molecule has 0 spiro atoms. The molecule has 1 fully saturated rings. The van der Waals surface area contributed by atoms with E-state index < -0.39 is 47.1 Å². The van der Waals surface area contributed by atoms with Gasteiger partial charge in [-0.25, -0.2) is 13.4 Å². The van der Waals surface area contributed by atoms with Crippen LogP contribution in [0.2, 0.25) is 0 Å². The summed E-state index contributed by atoms with van der Waals surface area (Å²) in [5.74, 6) is 0. The number of thiazole rings is 1. The summed E-state index contributed by atoms with van der Waals surface area (Å²) in [5, 5.41) is 41.7. The van der Waals surface area contributed by atoms with Crippen LogP contribution in [0.5, 0.6) is 0 Å². The molecule has 0 amide bonds. The molecule has 0 saturated carbocycles. The van der Waals surface area contributed by atoms with E-state index in [0.717, 1.165) is 11.3 Å². The molecule has 148 valence electrons. The van der Waals surface area contributed by atoms with Crippen LogP contribution in [0.15, 0.2) is 39.6 Å². The van der Waals surface area contributed by atoms with Crippen molar-refractivity contribution in [1.29, 1.82) is 0 Å². The number of sulfone groups is 1. The molecule has 1 aromatic carbocycles. The number of aliphatic hydroxyl groups is 4. The molecule has 0 radical (unpaired) electrons. The Morgan fingerprint density at radius 1 is 1.15 bits per heavy atom. The first kappa shape index (κ1) is 19.9. The Bertz CT molecular complexity index is 885. The number of rotatable bonds is 5. The van der Waals surface area contributed by atoms with E-state index >= 15 is 0 Å². The van der Waals surface area contributed by atoms with Gasteiger partial charge < -0.3 is 36.2 Å². The molecular weight excluding hydrogens is 398 g/mol. The first-order chi connectivity index (χ1) is 12.7. The van der Waals surface area contributed by atoms with Crippen molar-refractivity contribution < 1.29 is 33.6 Å². The van der Waals surface area contributed by atoms with Crippen LogP contribution < -0.4 is 11.1 Å². The van der Waals surface area contributed by atoms with Crippen molar-refractivity contribution in [3.8, 4) is 0 Å². The molecule has 7 N–H and O–H groups in total. The third kappa shape index (κ3) is 3.91. The molecule has 0 bridgehead atoms. The van der Waals surface area contributed by atoms with E-state index in [1.807, 2.05) is 0 Å². The van der Waals surface area contributed by atoms with E-state index in [4.69, 9.17) is 10.5 Å². The molecule has 12 heteroatoms. The second kappa shape index (κ2) is 7.67.